The summed E-state index contributed by atoms with van der Waals surface area (Å²) in [7, 11) is 0. The van der Waals surface area contributed by atoms with Gasteiger partial charge in [-0.15, -0.1) is 0 Å². The van der Waals surface area contributed by atoms with Gasteiger partial charge in [-0.2, -0.15) is 0 Å². The van der Waals surface area contributed by atoms with Crippen LogP contribution in [0.25, 0.3) is 10.9 Å². The number of amides is 2. The number of aliphatic hydroxyl groups excluding tert-OH is 1. The third-order valence-corrected chi connectivity index (χ3v) is 14.4. The number of esters is 1. The van der Waals surface area contributed by atoms with E-state index in [0.29, 0.717) is 72.5 Å². The van der Waals surface area contributed by atoms with Crippen LogP contribution < -0.4 is 15.6 Å². The predicted octanol–water partition coefficient (Wildman–Crippen LogP) is 5.93. The quantitative estimate of drug-likeness (QED) is 0.0539. The summed E-state index contributed by atoms with van der Waals surface area (Å²) in [5.41, 5.74) is 2.05. The molecule has 0 bridgehead atoms. The van der Waals surface area contributed by atoms with Gasteiger partial charge in [0, 0.05) is 67.3 Å². The van der Waals surface area contributed by atoms with Gasteiger partial charge in [-0.05, 0) is 116 Å². The van der Waals surface area contributed by atoms with E-state index >= 15 is 0 Å². The van der Waals surface area contributed by atoms with Gasteiger partial charge in [-0.3, -0.25) is 19.3 Å². The first-order valence-electron chi connectivity index (χ1n) is 24.3. The van der Waals surface area contributed by atoms with Crippen molar-refractivity contribution in [3.05, 3.63) is 177 Å². The highest BCUT2D eigenvalue weighted by molar-refractivity contribution is 5.95. The molecule has 3 fully saturated rings. The Kier molecular flexibility index (Phi) is 14.8. The third-order valence-electron chi connectivity index (χ3n) is 14.4. The smallest absolute Gasteiger partial charge is 0.347 e. The number of aromatic nitrogens is 1. The number of carbonyl (C=O) groups is 3. The third kappa shape index (κ3) is 11.0. The van der Waals surface area contributed by atoms with Gasteiger partial charge in [0.15, 0.2) is 6.61 Å². The lowest BCUT2D eigenvalue weighted by Crippen LogP contribution is -2.62. The maximum atomic E-state index is 13.9. The molecule has 2 amide bonds. The normalized spacial score (nSPS) is 17.4. The van der Waals surface area contributed by atoms with Crippen LogP contribution in [0.5, 0.6) is 11.5 Å². The van der Waals surface area contributed by atoms with E-state index in [1.54, 1.807) is 65.6 Å². The molecule has 9 rings (SSSR count). The molecule has 4 heterocycles. The molecule has 14 nitrogen and oxygen atoms in total. The Morgan fingerprint density at radius 2 is 1.49 bits per heavy atom. The Morgan fingerprint density at radius 3 is 2.21 bits per heavy atom. The lowest BCUT2D eigenvalue weighted by atomic mass is 9.71. The number of hydrogen-bond donors (Lipinski definition) is 5. The van der Waals surface area contributed by atoms with E-state index < -0.39 is 17.7 Å². The van der Waals surface area contributed by atoms with E-state index in [2.05, 4.69) is 39.5 Å². The minimum atomic E-state index is -2.09. The number of aliphatic hydroxyl groups is 2. The Balaban J connectivity index is 0.708. The number of nitrogens with zero attached hydrogens (tertiary/aromatic N) is 3. The minimum absolute atomic E-state index is 0.0158. The van der Waals surface area contributed by atoms with Crippen molar-refractivity contribution in [3.8, 4) is 11.5 Å². The second-order valence-electron chi connectivity index (χ2n) is 19.2. The number of benzene rings is 5. The monoisotopic (exact) mass is 947 g/mol. The van der Waals surface area contributed by atoms with E-state index in [4.69, 9.17) is 9.47 Å². The Morgan fingerprint density at radius 1 is 0.786 bits per heavy atom. The van der Waals surface area contributed by atoms with E-state index in [1.165, 1.54) is 17.7 Å². The van der Waals surface area contributed by atoms with Crippen LogP contribution in [0.1, 0.15) is 70.0 Å². The van der Waals surface area contributed by atoms with Gasteiger partial charge in [-0.1, -0.05) is 91.0 Å². The second-order valence-corrected chi connectivity index (χ2v) is 19.2. The first-order chi connectivity index (χ1) is 34.0. The number of hydrogen-bond acceptors (Lipinski definition) is 11. The van der Waals surface area contributed by atoms with E-state index in [9.17, 15) is 34.5 Å². The van der Waals surface area contributed by atoms with Crippen molar-refractivity contribution < 1.29 is 39.2 Å². The van der Waals surface area contributed by atoms with Crippen molar-refractivity contribution in [1.82, 2.24) is 25.0 Å². The molecule has 364 valence electrons. The molecule has 3 saturated heterocycles. The van der Waals surface area contributed by atoms with Gasteiger partial charge in [0.2, 0.25) is 11.2 Å². The average Bonchev–Trinajstić information content (AvgIpc) is 3.38. The molecule has 2 atom stereocenters. The van der Waals surface area contributed by atoms with Crippen LogP contribution in [0.15, 0.2) is 138 Å². The zero-order valence-electron chi connectivity index (χ0n) is 39.3. The van der Waals surface area contributed by atoms with Gasteiger partial charge in [0.1, 0.15) is 11.5 Å². The number of phenolic OH excluding ortho intramolecular Hbond substituents is 1. The largest absolute Gasteiger partial charge is 0.506 e. The molecule has 1 spiro atoms. The molecule has 5 N–H and O–H groups in total. The fourth-order valence-corrected chi connectivity index (χ4v) is 10.2. The van der Waals surface area contributed by atoms with E-state index in [0.717, 1.165) is 50.9 Å². The van der Waals surface area contributed by atoms with Crippen molar-refractivity contribution >= 4 is 28.7 Å². The summed E-state index contributed by atoms with van der Waals surface area (Å²) in [5.74, 6) is -0.448. The number of aromatic hydroxyl groups is 1. The summed E-state index contributed by atoms with van der Waals surface area (Å²) in [6, 6.07) is 39.5. The zero-order valence-corrected chi connectivity index (χ0v) is 39.3. The predicted molar refractivity (Wildman–Crippen MR) is 265 cm³/mol. The summed E-state index contributed by atoms with van der Waals surface area (Å²) in [6.07, 6.45) is 3.17. The number of ether oxygens (including phenoxy) is 2. The summed E-state index contributed by atoms with van der Waals surface area (Å²) >= 11 is 0. The first-order valence-corrected chi connectivity index (χ1v) is 24.3. The minimum Gasteiger partial charge on any atom is -0.506 e. The van der Waals surface area contributed by atoms with Gasteiger partial charge >= 0.3 is 5.97 Å². The fraction of sp³-hybridized carbons (Fsp3) is 0.357. The average molecular weight is 948 g/mol. The van der Waals surface area contributed by atoms with Crippen LogP contribution in [0.4, 0.5) is 0 Å². The highest BCUT2D eigenvalue weighted by Crippen LogP contribution is 2.41. The maximum absolute atomic E-state index is 13.9. The van der Waals surface area contributed by atoms with Crippen LogP contribution in [0.3, 0.4) is 0 Å². The van der Waals surface area contributed by atoms with Crippen molar-refractivity contribution in [1.29, 1.82) is 0 Å². The summed E-state index contributed by atoms with van der Waals surface area (Å²) < 4.78 is 11.9. The molecule has 14 heteroatoms. The zero-order chi connectivity index (χ0) is 48.7. The molecule has 6 aromatic rings. The number of pyridine rings is 1. The molecule has 0 aliphatic carbocycles. The molecule has 3 aliphatic rings. The molecule has 1 unspecified atom stereocenters. The van der Waals surface area contributed by atoms with Gasteiger partial charge < -0.3 is 44.9 Å². The van der Waals surface area contributed by atoms with Crippen LogP contribution in [0, 0.1) is 11.3 Å². The number of likely N-dealkylation sites (tertiary alicyclic amines) is 3. The molecule has 3 aliphatic heterocycles. The highest BCUT2D eigenvalue weighted by atomic mass is 16.6. The topological polar surface area (TPSA) is 185 Å². The van der Waals surface area contributed by atoms with Crippen molar-refractivity contribution in [2.75, 3.05) is 65.6 Å². The van der Waals surface area contributed by atoms with Gasteiger partial charge in [0.25, 0.3) is 11.8 Å². The molecule has 0 radical (unpaired) electrons. The first kappa shape index (κ1) is 48.2. The number of rotatable bonds is 17. The summed E-state index contributed by atoms with van der Waals surface area (Å²) in [5, 5.41) is 37.1. The Bertz CT molecular complexity index is 2820. The summed E-state index contributed by atoms with van der Waals surface area (Å²) in [4.78, 5) is 61.3. The maximum Gasteiger partial charge on any atom is 0.347 e. The van der Waals surface area contributed by atoms with Crippen LogP contribution in [-0.2, 0) is 32.9 Å². The van der Waals surface area contributed by atoms with Crippen molar-refractivity contribution in [2.24, 2.45) is 11.3 Å². The standard InChI is InChI=1S/C56H61N5O9/c62-48-20-18-46(47-19-21-50(64)58-52(47)48)49(63)33-57-27-22-39-14-16-42(17-15-39)53(66)61-37-55(38-61)25-30-60(31-26-55)51(65)36-69-45-13-7-12-44(32-45)56(68,43-10-5-2-6-11-43)54(67)70-35-41-23-28-59(29-24-41)34-40-8-3-1-4-9-40/h1-21,32,41,49,57,62-63,68H,22-31,33-38H2,(H,58,64)/t49-,56?/m0/s1. The number of phenols is 1. The number of nitrogens with one attached hydrogen (secondary N) is 2. The molecule has 5 aromatic carbocycles. The SMILES string of the molecule is O=C(COc1cccc(C(O)(C(=O)OCC2CCN(Cc3ccccc3)CC2)c2ccccc2)c1)N1CCC2(CC1)CN(C(=O)c1ccc(CCNC[C@H](O)c3ccc(O)c4[nH]c(=O)ccc34)cc1)C2. The van der Waals surface area contributed by atoms with E-state index in [-0.39, 0.29) is 59.8 Å². The summed E-state index contributed by atoms with van der Waals surface area (Å²) in [6.45, 7) is 5.97. The number of fused-ring (bicyclic) bond motifs is 1. The van der Waals surface area contributed by atoms with Gasteiger partial charge in [-0.25, -0.2) is 4.79 Å². The fourth-order valence-electron chi connectivity index (χ4n) is 10.2. The second kappa shape index (κ2) is 21.4. The van der Waals surface area contributed by atoms with Crippen molar-refractivity contribution in [2.45, 2.75) is 50.4 Å². The number of aromatic amines is 1. The van der Waals surface area contributed by atoms with Crippen LogP contribution >= 0.6 is 0 Å². The lowest BCUT2D eigenvalue weighted by molar-refractivity contribution is -0.164. The molecule has 1 aromatic heterocycles. The molecule has 70 heavy (non-hydrogen) atoms. The lowest BCUT2D eigenvalue weighted by Gasteiger charge is -2.54. The van der Waals surface area contributed by atoms with Crippen LogP contribution in [0.2, 0.25) is 0 Å². The Labute approximate surface area is 407 Å². The van der Waals surface area contributed by atoms with E-state index in [1.807, 2.05) is 41.3 Å². The van der Waals surface area contributed by atoms with Crippen LogP contribution in [-0.4, -0.2) is 118 Å². The highest BCUT2D eigenvalue weighted by Gasteiger charge is 2.47. The van der Waals surface area contributed by atoms with Gasteiger partial charge in [0.05, 0.1) is 18.2 Å². The Hall–Kier alpha value is -6.84. The number of H-pyrrole nitrogens is 1. The molecule has 0 saturated carbocycles. The molecular weight excluding hydrogens is 887 g/mol. The number of carbonyl (C=O) groups excluding carboxylic acids is 3. The number of piperidine rings is 2. The molecular formula is C56H61N5O9. The van der Waals surface area contributed by atoms with Crippen molar-refractivity contribution in [3.63, 3.8) is 0 Å².